The van der Waals surface area contributed by atoms with E-state index in [2.05, 4.69) is 39.7 Å². The number of hydrogen-bond donors (Lipinski definition) is 1. The molecule has 0 aromatic carbocycles. The number of hydrogen-bond acceptors (Lipinski definition) is 4. The smallest absolute Gasteiger partial charge is 0.0783 e. The van der Waals surface area contributed by atoms with Crippen molar-refractivity contribution in [2.45, 2.75) is 30.9 Å². The van der Waals surface area contributed by atoms with Crippen LogP contribution in [0, 0.1) is 5.92 Å². The van der Waals surface area contributed by atoms with Crippen LogP contribution in [0.4, 0.5) is 0 Å². The third-order valence-corrected chi connectivity index (χ3v) is 7.07. The van der Waals surface area contributed by atoms with Gasteiger partial charge in [-0.25, -0.2) is 0 Å². The SMILES string of the molecule is CNC(c1csc(Br)c1)C1CCOC2(CCSC2)C1. The van der Waals surface area contributed by atoms with Crippen LogP contribution in [0.1, 0.15) is 30.9 Å². The highest BCUT2D eigenvalue weighted by molar-refractivity contribution is 9.11. The lowest BCUT2D eigenvalue weighted by molar-refractivity contribution is -0.0850. The van der Waals surface area contributed by atoms with Crippen molar-refractivity contribution >= 4 is 39.0 Å². The fraction of sp³-hybridized carbons (Fsp3) is 0.714. The Hall–Kier alpha value is 0.450. The Morgan fingerprint density at radius 3 is 3.11 bits per heavy atom. The fourth-order valence-electron chi connectivity index (χ4n) is 3.37. The van der Waals surface area contributed by atoms with Crippen molar-refractivity contribution in [3.8, 4) is 0 Å². The standard InChI is InChI=1S/C14H20BrNOS2/c1-16-13(11-6-12(15)19-8-11)10-2-4-17-14(7-10)3-5-18-9-14/h6,8,10,13,16H,2-5,7,9H2,1H3. The largest absolute Gasteiger partial charge is 0.374 e. The van der Waals surface area contributed by atoms with E-state index in [9.17, 15) is 0 Å². The number of thiophene rings is 1. The first-order chi connectivity index (χ1) is 9.22. The zero-order valence-electron chi connectivity index (χ0n) is 11.2. The lowest BCUT2D eigenvalue weighted by Gasteiger charge is -2.40. The topological polar surface area (TPSA) is 21.3 Å². The van der Waals surface area contributed by atoms with E-state index in [0.717, 1.165) is 6.61 Å². The van der Waals surface area contributed by atoms with Crippen LogP contribution in [0.2, 0.25) is 0 Å². The summed E-state index contributed by atoms with van der Waals surface area (Å²) >= 11 is 7.40. The van der Waals surface area contributed by atoms with Crippen molar-refractivity contribution in [1.82, 2.24) is 5.32 Å². The van der Waals surface area contributed by atoms with Crippen molar-refractivity contribution in [2.24, 2.45) is 5.92 Å². The van der Waals surface area contributed by atoms with Crippen LogP contribution in [0.15, 0.2) is 15.2 Å². The maximum absolute atomic E-state index is 6.14. The van der Waals surface area contributed by atoms with E-state index in [4.69, 9.17) is 4.74 Å². The van der Waals surface area contributed by atoms with Crippen LogP contribution in [-0.4, -0.2) is 30.8 Å². The van der Waals surface area contributed by atoms with E-state index >= 15 is 0 Å². The first-order valence-electron chi connectivity index (χ1n) is 6.85. The highest BCUT2D eigenvalue weighted by Gasteiger charge is 2.42. The molecule has 2 nitrogen and oxygen atoms in total. The first kappa shape index (κ1) is 14.4. The normalized spacial score (nSPS) is 32.8. The molecule has 2 saturated heterocycles. The van der Waals surface area contributed by atoms with E-state index < -0.39 is 0 Å². The van der Waals surface area contributed by atoms with Gasteiger partial charge in [0.1, 0.15) is 0 Å². The number of nitrogens with one attached hydrogen (secondary N) is 1. The van der Waals surface area contributed by atoms with Crippen molar-refractivity contribution in [3.63, 3.8) is 0 Å². The average Bonchev–Trinajstić information content (AvgIpc) is 3.01. The fourth-order valence-corrected chi connectivity index (χ4v) is 5.96. The van der Waals surface area contributed by atoms with Gasteiger partial charge in [-0.2, -0.15) is 11.8 Å². The molecule has 5 heteroatoms. The van der Waals surface area contributed by atoms with Gasteiger partial charge >= 0.3 is 0 Å². The third-order valence-electron chi connectivity index (χ3n) is 4.33. The van der Waals surface area contributed by atoms with Crippen LogP contribution in [0.25, 0.3) is 0 Å². The van der Waals surface area contributed by atoms with Crippen molar-refractivity contribution in [2.75, 3.05) is 25.2 Å². The molecule has 0 aliphatic carbocycles. The molecule has 0 radical (unpaired) electrons. The molecule has 3 rings (SSSR count). The van der Waals surface area contributed by atoms with E-state index in [1.54, 1.807) is 11.3 Å². The number of thioether (sulfide) groups is 1. The van der Waals surface area contributed by atoms with E-state index in [-0.39, 0.29) is 5.60 Å². The van der Waals surface area contributed by atoms with Crippen molar-refractivity contribution in [3.05, 3.63) is 20.8 Å². The van der Waals surface area contributed by atoms with Gasteiger partial charge in [0.15, 0.2) is 0 Å². The van der Waals surface area contributed by atoms with Gasteiger partial charge in [0, 0.05) is 18.4 Å². The summed E-state index contributed by atoms with van der Waals surface area (Å²) in [4.78, 5) is 0. The lowest BCUT2D eigenvalue weighted by Crippen LogP contribution is -2.43. The predicted molar refractivity (Wildman–Crippen MR) is 87.2 cm³/mol. The molecule has 0 saturated carbocycles. The minimum Gasteiger partial charge on any atom is -0.374 e. The summed E-state index contributed by atoms with van der Waals surface area (Å²) in [6, 6.07) is 2.73. The van der Waals surface area contributed by atoms with Crippen LogP contribution >= 0.6 is 39.0 Å². The van der Waals surface area contributed by atoms with Gasteiger partial charge in [0.05, 0.1) is 9.39 Å². The van der Waals surface area contributed by atoms with Gasteiger partial charge < -0.3 is 10.1 Å². The van der Waals surface area contributed by atoms with Gasteiger partial charge in [-0.1, -0.05) is 0 Å². The molecule has 1 aromatic heterocycles. The molecule has 3 atom stereocenters. The summed E-state index contributed by atoms with van der Waals surface area (Å²) in [7, 11) is 2.09. The van der Waals surface area contributed by atoms with Crippen molar-refractivity contribution in [1.29, 1.82) is 0 Å². The first-order valence-corrected chi connectivity index (χ1v) is 9.68. The van der Waals surface area contributed by atoms with E-state index in [1.807, 2.05) is 11.8 Å². The van der Waals surface area contributed by atoms with E-state index in [0.29, 0.717) is 12.0 Å². The van der Waals surface area contributed by atoms with Crippen LogP contribution in [0.5, 0.6) is 0 Å². The third kappa shape index (κ3) is 3.05. The Morgan fingerprint density at radius 2 is 2.47 bits per heavy atom. The molecular weight excluding hydrogens is 342 g/mol. The molecule has 106 valence electrons. The van der Waals surface area contributed by atoms with Gasteiger partial charge in [-0.3, -0.25) is 0 Å². The van der Waals surface area contributed by atoms with Gasteiger partial charge in [0.2, 0.25) is 0 Å². The minimum atomic E-state index is 0.177. The Morgan fingerprint density at radius 1 is 1.58 bits per heavy atom. The Bertz CT molecular complexity index is 431. The highest BCUT2D eigenvalue weighted by atomic mass is 79.9. The summed E-state index contributed by atoms with van der Waals surface area (Å²) in [5.74, 6) is 3.15. The zero-order chi connectivity index (χ0) is 13.3. The van der Waals surface area contributed by atoms with Gasteiger partial charge in [-0.15, -0.1) is 11.3 Å². The molecule has 19 heavy (non-hydrogen) atoms. The molecule has 3 heterocycles. The monoisotopic (exact) mass is 361 g/mol. The predicted octanol–water partition coefficient (Wildman–Crippen LogP) is 4.07. The van der Waals surface area contributed by atoms with Crippen LogP contribution in [-0.2, 0) is 4.74 Å². The number of rotatable bonds is 3. The Balaban J connectivity index is 1.76. The molecule has 2 aliphatic rings. The summed E-state index contributed by atoms with van der Waals surface area (Å²) < 4.78 is 7.36. The summed E-state index contributed by atoms with van der Waals surface area (Å²) in [5, 5.41) is 5.81. The maximum atomic E-state index is 6.14. The summed E-state index contributed by atoms with van der Waals surface area (Å²) in [6.45, 7) is 0.925. The second-order valence-electron chi connectivity index (χ2n) is 5.54. The molecule has 1 aromatic rings. The molecular formula is C14H20BrNOS2. The second-order valence-corrected chi connectivity index (χ2v) is 8.93. The summed E-state index contributed by atoms with van der Waals surface area (Å²) in [6.07, 6.45) is 3.61. The molecule has 1 spiro atoms. The second kappa shape index (κ2) is 6.06. The average molecular weight is 362 g/mol. The minimum absolute atomic E-state index is 0.177. The van der Waals surface area contributed by atoms with Crippen LogP contribution < -0.4 is 5.32 Å². The zero-order valence-corrected chi connectivity index (χ0v) is 14.4. The van der Waals surface area contributed by atoms with Crippen LogP contribution in [0.3, 0.4) is 0 Å². The molecule has 3 unspecified atom stereocenters. The maximum Gasteiger partial charge on any atom is 0.0783 e. The number of ether oxygens (including phenoxy) is 1. The lowest BCUT2D eigenvalue weighted by atomic mass is 9.79. The molecule has 0 amide bonds. The van der Waals surface area contributed by atoms with Crippen molar-refractivity contribution < 1.29 is 4.74 Å². The Kier molecular flexibility index (Phi) is 4.59. The molecule has 1 N–H and O–H groups in total. The van der Waals surface area contributed by atoms with E-state index in [1.165, 1.54) is 40.1 Å². The quantitative estimate of drug-likeness (QED) is 0.876. The van der Waals surface area contributed by atoms with Gasteiger partial charge in [0.25, 0.3) is 0 Å². The van der Waals surface area contributed by atoms with Gasteiger partial charge in [-0.05, 0) is 70.9 Å². The number of halogens is 1. The Labute approximate surface area is 131 Å². The molecule has 2 aliphatic heterocycles. The molecule has 0 bridgehead atoms. The summed E-state index contributed by atoms with van der Waals surface area (Å²) in [5.41, 5.74) is 1.60. The highest BCUT2D eigenvalue weighted by Crippen LogP contribution is 2.44. The molecule has 2 fully saturated rings.